The number of hydrogen-bond donors (Lipinski definition) is 3. The molecule has 12 nitrogen and oxygen atoms in total. The van der Waals surface area contributed by atoms with Gasteiger partial charge in [0.05, 0.1) is 10.7 Å². The maximum atomic E-state index is 13.4. The highest BCUT2D eigenvalue weighted by Gasteiger charge is 2.38. The van der Waals surface area contributed by atoms with Crippen LogP contribution in [0.2, 0.25) is 5.02 Å². The Morgan fingerprint density at radius 3 is 2.22 bits per heavy atom. The molecule has 0 bridgehead atoms. The molecule has 1 aliphatic rings. The molecule has 3 aromatic rings. The van der Waals surface area contributed by atoms with E-state index in [-0.39, 0.29) is 11.2 Å². The summed E-state index contributed by atoms with van der Waals surface area (Å²) in [6, 6.07) is 5.68. The van der Waals surface area contributed by atoms with E-state index in [1.807, 2.05) is 4.90 Å². The Labute approximate surface area is 211 Å². The standard InChI is InChI=1S/C19H21ClN6O4.C2HF3O2/c1-11(17(28)29)25-16(27)14-15(23(2)19(25)30)22-18(24-9-7-21-8-10-24)26(14)13-6-4-3-5-12(13)20;3-2(4,5)1(6)7/h3-6,11,21H,7-10H2,1-2H3,(H,28,29);(H,6,7). The highest BCUT2D eigenvalue weighted by atomic mass is 35.5. The third-order valence-corrected chi connectivity index (χ3v) is 5.87. The number of hydrogen-bond acceptors (Lipinski definition) is 7. The number of aliphatic carboxylic acids is 2. The van der Waals surface area contributed by atoms with Gasteiger partial charge >= 0.3 is 23.8 Å². The molecule has 1 aromatic carbocycles. The average molecular weight is 547 g/mol. The average Bonchev–Trinajstić information content (AvgIpc) is 3.24. The van der Waals surface area contributed by atoms with Crippen LogP contribution in [0.15, 0.2) is 33.9 Å². The molecule has 1 saturated heterocycles. The summed E-state index contributed by atoms with van der Waals surface area (Å²) >= 11 is 6.45. The van der Waals surface area contributed by atoms with Gasteiger partial charge in [-0.15, -0.1) is 0 Å². The number of aromatic nitrogens is 4. The number of anilines is 1. The second kappa shape index (κ2) is 10.6. The van der Waals surface area contributed by atoms with Crippen LogP contribution < -0.4 is 21.5 Å². The molecule has 0 aliphatic carbocycles. The summed E-state index contributed by atoms with van der Waals surface area (Å²) in [5, 5.41) is 20.2. The van der Waals surface area contributed by atoms with Crippen LogP contribution in [0.4, 0.5) is 19.1 Å². The van der Waals surface area contributed by atoms with Gasteiger partial charge < -0.3 is 20.4 Å². The van der Waals surface area contributed by atoms with Gasteiger partial charge in [-0.2, -0.15) is 18.2 Å². The first kappa shape index (κ1) is 27.7. The molecule has 0 radical (unpaired) electrons. The predicted molar refractivity (Wildman–Crippen MR) is 127 cm³/mol. The first-order valence-corrected chi connectivity index (χ1v) is 11.1. The lowest BCUT2D eigenvalue weighted by Crippen LogP contribution is -2.44. The lowest BCUT2D eigenvalue weighted by Gasteiger charge is -2.29. The molecule has 3 N–H and O–H groups in total. The summed E-state index contributed by atoms with van der Waals surface area (Å²) in [6.07, 6.45) is -5.08. The van der Waals surface area contributed by atoms with Crippen molar-refractivity contribution in [3.8, 4) is 5.69 Å². The quantitative estimate of drug-likeness (QED) is 0.439. The number of carboxylic acid groups (broad SMARTS) is 2. The first-order chi connectivity index (χ1) is 17.3. The molecule has 200 valence electrons. The summed E-state index contributed by atoms with van der Waals surface area (Å²) in [4.78, 5) is 53.3. The predicted octanol–water partition coefficient (Wildman–Crippen LogP) is 1.23. The molecule has 0 amide bonds. The van der Waals surface area contributed by atoms with Crippen LogP contribution in [0.25, 0.3) is 16.9 Å². The summed E-state index contributed by atoms with van der Waals surface area (Å²) in [7, 11) is 1.47. The number of nitrogens with one attached hydrogen (secondary N) is 1. The summed E-state index contributed by atoms with van der Waals surface area (Å²) < 4.78 is 35.3. The molecular weight excluding hydrogens is 525 g/mol. The molecule has 1 aliphatic heterocycles. The zero-order chi connectivity index (χ0) is 27.7. The molecule has 2 aromatic heterocycles. The fourth-order valence-electron chi connectivity index (χ4n) is 3.67. The van der Waals surface area contributed by atoms with Crippen molar-refractivity contribution in [2.45, 2.75) is 19.1 Å². The Kier molecular flexibility index (Phi) is 7.97. The SMILES string of the molecule is CC(C(=O)O)n1c(=O)c2c(nc(N3CCNCC3)n2-c2ccccc2Cl)n(C)c1=O.O=C(O)C(F)(F)F. The molecule has 16 heteroatoms. The van der Waals surface area contributed by atoms with Crippen molar-refractivity contribution < 1.29 is 33.0 Å². The van der Waals surface area contributed by atoms with Gasteiger partial charge in [-0.3, -0.25) is 13.9 Å². The van der Waals surface area contributed by atoms with Gasteiger partial charge in [-0.05, 0) is 19.1 Å². The summed E-state index contributed by atoms with van der Waals surface area (Å²) in [6.45, 7) is 4.09. The van der Waals surface area contributed by atoms with Crippen LogP contribution in [-0.2, 0) is 16.6 Å². The number of nitrogens with zero attached hydrogens (tertiary/aromatic N) is 5. The van der Waals surface area contributed by atoms with Gasteiger partial charge in [0.15, 0.2) is 11.2 Å². The number of halogens is 4. The van der Waals surface area contributed by atoms with E-state index in [0.29, 0.717) is 29.7 Å². The van der Waals surface area contributed by atoms with Crippen molar-refractivity contribution in [1.29, 1.82) is 0 Å². The van der Waals surface area contributed by atoms with Crippen molar-refractivity contribution in [2.24, 2.45) is 7.05 Å². The van der Waals surface area contributed by atoms with Crippen LogP contribution in [0.3, 0.4) is 0 Å². The Bertz CT molecular complexity index is 1460. The van der Waals surface area contributed by atoms with Crippen LogP contribution in [0.5, 0.6) is 0 Å². The molecule has 37 heavy (non-hydrogen) atoms. The van der Waals surface area contributed by atoms with E-state index in [2.05, 4.69) is 10.3 Å². The molecule has 4 rings (SSSR count). The van der Waals surface area contributed by atoms with Gasteiger partial charge in [-0.25, -0.2) is 19.0 Å². The monoisotopic (exact) mass is 546 g/mol. The number of carboxylic acids is 2. The molecule has 3 heterocycles. The molecule has 1 atom stereocenters. The Morgan fingerprint density at radius 2 is 1.70 bits per heavy atom. The second-order valence-electron chi connectivity index (χ2n) is 7.94. The molecule has 0 saturated carbocycles. The first-order valence-electron chi connectivity index (χ1n) is 10.7. The van der Waals surface area contributed by atoms with E-state index in [9.17, 15) is 32.7 Å². The molecular formula is C21H22ClF3N6O6. The number of imidazole rings is 1. The zero-order valence-electron chi connectivity index (χ0n) is 19.5. The number of para-hydroxylation sites is 1. The number of carbonyl (C=O) groups is 2. The maximum absolute atomic E-state index is 13.4. The van der Waals surface area contributed by atoms with Crippen LogP contribution in [0.1, 0.15) is 13.0 Å². The van der Waals surface area contributed by atoms with Crippen molar-refractivity contribution in [3.05, 3.63) is 50.1 Å². The fourth-order valence-corrected chi connectivity index (χ4v) is 3.89. The molecule has 0 spiro atoms. The number of benzene rings is 1. The van der Waals surface area contributed by atoms with E-state index in [4.69, 9.17) is 21.5 Å². The number of aryl methyl sites for hydroxylation is 1. The third-order valence-electron chi connectivity index (χ3n) is 5.55. The minimum Gasteiger partial charge on any atom is -0.480 e. The summed E-state index contributed by atoms with van der Waals surface area (Å²) in [5.41, 5.74) is -0.658. The number of rotatable bonds is 4. The van der Waals surface area contributed by atoms with E-state index in [1.54, 1.807) is 28.8 Å². The van der Waals surface area contributed by atoms with Crippen LogP contribution >= 0.6 is 11.6 Å². The van der Waals surface area contributed by atoms with Crippen LogP contribution in [-0.4, -0.2) is 73.2 Å². The largest absolute Gasteiger partial charge is 0.490 e. The van der Waals surface area contributed by atoms with Gasteiger partial charge in [0.25, 0.3) is 5.56 Å². The Hall–Kier alpha value is -3.85. The minimum absolute atomic E-state index is 0.104. The molecule has 1 fully saturated rings. The second-order valence-corrected chi connectivity index (χ2v) is 8.35. The number of alkyl halides is 3. The molecule has 1 unspecified atom stereocenters. The minimum atomic E-state index is -5.08. The van der Waals surface area contributed by atoms with E-state index >= 15 is 0 Å². The van der Waals surface area contributed by atoms with Crippen molar-refractivity contribution >= 4 is 40.7 Å². The fraction of sp³-hybridized carbons (Fsp3) is 0.381. The highest BCUT2D eigenvalue weighted by Crippen LogP contribution is 2.29. The van der Waals surface area contributed by atoms with E-state index in [0.717, 1.165) is 17.7 Å². The van der Waals surface area contributed by atoms with E-state index < -0.39 is 35.4 Å². The van der Waals surface area contributed by atoms with Crippen molar-refractivity contribution in [1.82, 2.24) is 24.0 Å². The number of fused-ring (bicyclic) bond motifs is 1. The Morgan fingerprint density at radius 1 is 1.14 bits per heavy atom. The van der Waals surface area contributed by atoms with Gasteiger partial charge in [0, 0.05) is 33.2 Å². The van der Waals surface area contributed by atoms with Gasteiger partial charge in [0.1, 0.15) is 6.04 Å². The highest BCUT2D eigenvalue weighted by molar-refractivity contribution is 6.32. The van der Waals surface area contributed by atoms with Gasteiger partial charge in [-0.1, -0.05) is 23.7 Å². The van der Waals surface area contributed by atoms with Crippen LogP contribution in [0, 0.1) is 0 Å². The summed E-state index contributed by atoms with van der Waals surface area (Å²) in [5.74, 6) is -3.56. The van der Waals surface area contributed by atoms with E-state index in [1.165, 1.54) is 18.5 Å². The normalized spacial score (nSPS) is 14.7. The zero-order valence-corrected chi connectivity index (χ0v) is 20.2. The van der Waals surface area contributed by atoms with Crippen molar-refractivity contribution in [3.63, 3.8) is 0 Å². The third kappa shape index (κ3) is 5.46. The van der Waals surface area contributed by atoms with Gasteiger partial charge in [0.2, 0.25) is 5.95 Å². The van der Waals surface area contributed by atoms with Crippen molar-refractivity contribution in [2.75, 3.05) is 31.1 Å². The number of piperazine rings is 1. The topological polar surface area (TPSA) is 152 Å². The lowest BCUT2D eigenvalue weighted by atomic mass is 10.3. The maximum Gasteiger partial charge on any atom is 0.490 e. The Balaban J connectivity index is 0.000000479. The smallest absolute Gasteiger partial charge is 0.480 e. The lowest BCUT2D eigenvalue weighted by molar-refractivity contribution is -0.192.